The Labute approximate surface area is 195 Å². The Morgan fingerprint density at radius 2 is 1.97 bits per heavy atom. The monoisotopic (exact) mass is 488 g/mol. The first-order valence-electron chi connectivity index (χ1n) is 10.4. The van der Waals surface area contributed by atoms with Crippen LogP contribution in [0.2, 0.25) is 5.02 Å². The van der Waals surface area contributed by atoms with Crippen molar-refractivity contribution in [3.63, 3.8) is 0 Å². The van der Waals surface area contributed by atoms with Crippen LogP contribution in [0.4, 0.5) is 11.4 Å². The van der Waals surface area contributed by atoms with E-state index in [1.54, 1.807) is 12.1 Å². The van der Waals surface area contributed by atoms with Crippen LogP contribution in [0.15, 0.2) is 39.8 Å². The van der Waals surface area contributed by atoms with Crippen molar-refractivity contribution in [1.82, 2.24) is 10.1 Å². The molecule has 2 heterocycles. The van der Waals surface area contributed by atoms with Gasteiger partial charge in [-0.15, -0.1) is 0 Å². The van der Waals surface area contributed by atoms with E-state index in [2.05, 4.69) is 14.9 Å². The number of halogens is 1. The molecular weight excluding hydrogens is 468 g/mol. The number of hydrogen-bond acceptors (Lipinski definition) is 7. The van der Waals surface area contributed by atoms with Gasteiger partial charge in [-0.05, 0) is 56.0 Å². The van der Waals surface area contributed by atoms with E-state index in [1.165, 1.54) is 17.0 Å². The molecule has 0 saturated heterocycles. The number of nitrogens with one attached hydrogen (secondary N) is 1. The second-order valence-corrected chi connectivity index (χ2v) is 10.3. The zero-order valence-electron chi connectivity index (χ0n) is 18.0. The highest BCUT2D eigenvalue weighted by molar-refractivity contribution is 7.92. The molecule has 1 amide bonds. The summed E-state index contributed by atoms with van der Waals surface area (Å²) in [4.78, 5) is 18.2. The number of ether oxygens (including phenoxy) is 1. The lowest BCUT2D eigenvalue weighted by molar-refractivity contribution is -0.121. The molecule has 33 heavy (non-hydrogen) atoms. The Bertz CT molecular complexity index is 1370. The van der Waals surface area contributed by atoms with Crippen molar-refractivity contribution in [3.05, 3.63) is 58.2 Å². The van der Waals surface area contributed by atoms with Gasteiger partial charge in [-0.3, -0.25) is 14.4 Å². The molecule has 1 N–H and O–H groups in total. The summed E-state index contributed by atoms with van der Waals surface area (Å²) in [5.41, 5.74) is 2.77. The van der Waals surface area contributed by atoms with Crippen molar-refractivity contribution in [2.75, 3.05) is 16.2 Å². The smallest absolute Gasteiger partial charge is 0.265 e. The summed E-state index contributed by atoms with van der Waals surface area (Å²) in [6.45, 7) is 3.66. The van der Waals surface area contributed by atoms with Crippen LogP contribution >= 0.6 is 11.6 Å². The highest BCUT2D eigenvalue weighted by atomic mass is 35.5. The van der Waals surface area contributed by atoms with E-state index in [0.29, 0.717) is 29.0 Å². The van der Waals surface area contributed by atoms with Crippen LogP contribution in [-0.2, 0) is 21.4 Å². The molecule has 0 bridgehead atoms. The molecular formula is C22H21ClN4O5S. The van der Waals surface area contributed by atoms with Crippen LogP contribution in [0.1, 0.15) is 41.6 Å². The average molecular weight is 489 g/mol. The van der Waals surface area contributed by atoms with Crippen molar-refractivity contribution in [3.8, 4) is 5.75 Å². The zero-order chi connectivity index (χ0) is 23.3. The SMILES string of the molecule is Cc1ccc(NS(=O)(=O)c2cc3c(cc2Cl)N(Cc2noc(C4CC4)n2)C(=O)CO3)cc1C. The van der Waals surface area contributed by atoms with Crippen LogP contribution in [-0.4, -0.2) is 31.1 Å². The number of hydrogen-bond donors (Lipinski definition) is 1. The van der Waals surface area contributed by atoms with Gasteiger partial charge in [-0.25, -0.2) is 8.42 Å². The maximum Gasteiger partial charge on any atom is 0.265 e. The third-order valence-electron chi connectivity index (χ3n) is 5.72. The van der Waals surface area contributed by atoms with Gasteiger partial charge < -0.3 is 9.26 Å². The van der Waals surface area contributed by atoms with E-state index in [4.69, 9.17) is 20.9 Å². The number of benzene rings is 2. The molecule has 3 aromatic rings. The highest BCUT2D eigenvalue weighted by Crippen LogP contribution is 2.41. The predicted molar refractivity (Wildman–Crippen MR) is 121 cm³/mol. The summed E-state index contributed by atoms with van der Waals surface area (Å²) < 4.78 is 39.4. The van der Waals surface area contributed by atoms with E-state index in [9.17, 15) is 13.2 Å². The number of rotatable bonds is 6. The number of aryl methyl sites for hydroxylation is 2. The summed E-state index contributed by atoms with van der Waals surface area (Å²) in [6.07, 6.45) is 2.04. The maximum atomic E-state index is 13.0. The van der Waals surface area contributed by atoms with Gasteiger partial charge >= 0.3 is 0 Å². The third-order valence-corrected chi connectivity index (χ3v) is 7.56. The number of fused-ring (bicyclic) bond motifs is 1. The molecule has 9 nitrogen and oxygen atoms in total. The first-order chi connectivity index (χ1) is 15.7. The number of carbonyl (C=O) groups is 1. The van der Waals surface area contributed by atoms with Crippen molar-refractivity contribution >= 4 is 38.9 Å². The maximum absolute atomic E-state index is 13.0. The standard InChI is InChI=1S/C22H21ClN4O5S/c1-12-3-6-15(7-13(12)2)26-33(29,30)19-9-18-17(8-16(19)23)27(21(28)11-31-18)10-20-24-22(32-25-20)14-4-5-14/h3,6-9,14,26H,4-5,10-11H2,1-2H3. The topological polar surface area (TPSA) is 115 Å². The largest absolute Gasteiger partial charge is 0.482 e. The quantitative estimate of drug-likeness (QED) is 0.558. The normalized spacial score (nSPS) is 15.8. The lowest BCUT2D eigenvalue weighted by Crippen LogP contribution is -2.38. The van der Waals surface area contributed by atoms with Gasteiger partial charge in [0, 0.05) is 17.7 Å². The van der Waals surface area contributed by atoms with Crippen molar-refractivity contribution in [2.24, 2.45) is 0 Å². The molecule has 172 valence electrons. The van der Waals surface area contributed by atoms with Crippen molar-refractivity contribution < 1.29 is 22.5 Å². The van der Waals surface area contributed by atoms with Gasteiger partial charge in [-0.1, -0.05) is 22.8 Å². The minimum Gasteiger partial charge on any atom is -0.482 e. The second-order valence-electron chi connectivity index (χ2n) is 8.25. The minimum atomic E-state index is -4.00. The van der Waals surface area contributed by atoms with Crippen LogP contribution in [0, 0.1) is 13.8 Å². The van der Waals surface area contributed by atoms with E-state index < -0.39 is 10.0 Å². The first-order valence-corrected chi connectivity index (χ1v) is 12.3. The fourth-order valence-electron chi connectivity index (χ4n) is 3.57. The number of carbonyl (C=O) groups excluding carboxylic acids is 1. The zero-order valence-corrected chi connectivity index (χ0v) is 19.5. The Balaban J connectivity index is 1.44. The molecule has 1 aliphatic heterocycles. The number of anilines is 2. The Morgan fingerprint density at radius 1 is 1.18 bits per heavy atom. The summed E-state index contributed by atoms with van der Waals surface area (Å²) in [5, 5.41) is 3.92. The minimum absolute atomic E-state index is 0.0415. The number of sulfonamides is 1. The van der Waals surface area contributed by atoms with Gasteiger partial charge in [-0.2, -0.15) is 4.98 Å². The molecule has 1 aliphatic carbocycles. The first kappa shape index (κ1) is 21.7. The molecule has 0 radical (unpaired) electrons. The summed E-state index contributed by atoms with van der Waals surface area (Å²) in [7, 11) is -4.00. The van der Waals surface area contributed by atoms with E-state index >= 15 is 0 Å². The Kier molecular flexibility index (Phi) is 5.29. The molecule has 1 aromatic heterocycles. The van der Waals surface area contributed by atoms with Gasteiger partial charge in [0.05, 0.1) is 17.3 Å². The predicted octanol–water partition coefficient (Wildman–Crippen LogP) is 3.94. The number of amides is 1. The lowest BCUT2D eigenvalue weighted by Gasteiger charge is -2.29. The molecule has 1 saturated carbocycles. The third kappa shape index (κ3) is 4.28. The second kappa shape index (κ2) is 8.03. The summed E-state index contributed by atoms with van der Waals surface area (Å²) >= 11 is 6.38. The molecule has 0 unspecified atom stereocenters. The van der Waals surface area contributed by atoms with Crippen LogP contribution in [0.5, 0.6) is 5.75 Å². The highest BCUT2D eigenvalue weighted by Gasteiger charge is 2.33. The molecule has 2 aromatic carbocycles. The van der Waals surface area contributed by atoms with E-state index in [1.807, 2.05) is 19.9 Å². The Hall–Kier alpha value is -3.11. The molecule has 11 heteroatoms. The van der Waals surface area contributed by atoms with E-state index in [0.717, 1.165) is 24.0 Å². The molecule has 2 aliphatic rings. The fourth-order valence-corrected chi connectivity index (χ4v) is 5.15. The molecule has 5 rings (SSSR count). The van der Waals surface area contributed by atoms with Gasteiger partial charge in [0.2, 0.25) is 5.89 Å². The van der Waals surface area contributed by atoms with Gasteiger partial charge in [0.25, 0.3) is 15.9 Å². The molecule has 1 fully saturated rings. The number of nitrogens with zero attached hydrogens (tertiary/aromatic N) is 3. The fraction of sp³-hybridized carbons (Fsp3) is 0.318. The van der Waals surface area contributed by atoms with Gasteiger partial charge in [0.1, 0.15) is 10.6 Å². The summed E-state index contributed by atoms with van der Waals surface area (Å²) in [5.74, 6) is 1.14. The molecule has 0 atom stereocenters. The van der Waals surface area contributed by atoms with Crippen LogP contribution in [0.25, 0.3) is 0 Å². The Morgan fingerprint density at radius 3 is 2.70 bits per heavy atom. The summed E-state index contributed by atoms with van der Waals surface area (Å²) in [6, 6.07) is 8.00. The lowest BCUT2D eigenvalue weighted by atomic mass is 10.1. The van der Waals surface area contributed by atoms with Crippen LogP contribution in [0.3, 0.4) is 0 Å². The van der Waals surface area contributed by atoms with Crippen molar-refractivity contribution in [1.29, 1.82) is 0 Å². The van der Waals surface area contributed by atoms with Gasteiger partial charge in [0.15, 0.2) is 12.4 Å². The molecule has 0 spiro atoms. The van der Waals surface area contributed by atoms with E-state index in [-0.39, 0.29) is 34.7 Å². The number of aromatic nitrogens is 2. The van der Waals surface area contributed by atoms with Crippen molar-refractivity contribution in [2.45, 2.75) is 44.0 Å². The average Bonchev–Trinajstić information content (AvgIpc) is 3.51. The van der Waals surface area contributed by atoms with Crippen LogP contribution < -0.4 is 14.4 Å².